The van der Waals surface area contributed by atoms with Crippen molar-refractivity contribution in [1.29, 1.82) is 0 Å². The van der Waals surface area contributed by atoms with Crippen molar-refractivity contribution in [2.45, 2.75) is 25.0 Å². The topological polar surface area (TPSA) is 96.9 Å². The SMILES string of the molecule is COc1ccccc1C#CC#Cc1ccc(C(=O)N[C@H](C(=O)NO)C(C)(OC)C(F)F)cc1. The number of para-hydroxylation sites is 1. The molecule has 33 heavy (non-hydrogen) atoms. The molecule has 2 aromatic rings. The zero-order valence-corrected chi connectivity index (χ0v) is 18.1. The number of hydrogen-bond donors (Lipinski definition) is 3. The second-order valence-electron chi connectivity index (χ2n) is 6.85. The lowest BCUT2D eigenvalue weighted by molar-refractivity contribution is -0.157. The molecule has 0 bridgehead atoms. The van der Waals surface area contributed by atoms with Gasteiger partial charge in [-0.25, -0.2) is 14.3 Å². The zero-order valence-electron chi connectivity index (χ0n) is 18.1. The van der Waals surface area contributed by atoms with Gasteiger partial charge in [0.15, 0.2) is 5.60 Å². The first-order valence-corrected chi connectivity index (χ1v) is 9.60. The molecule has 0 saturated heterocycles. The molecule has 0 aliphatic heterocycles. The minimum Gasteiger partial charge on any atom is -0.495 e. The predicted molar refractivity (Wildman–Crippen MR) is 116 cm³/mol. The molecule has 2 rings (SSSR count). The zero-order chi connectivity index (χ0) is 24.4. The fraction of sp³-hybridized carbons (Fsp3) is 0.250. The number of nitrogens with one attached hydrogen (secondary N) is 2. The number of hydroxylamine groups is 1. The second-order valence-corrected chi connectivity index (χ2v) is 6.85. The largest absolute Gasteiger partial charge is 0.495 e. The van der Waals surface area contributed by atoms with E-state index in [1.54, 1.807) is 19.2 Å². The summed E-state index contributed by atoms with van der Waals surface area (Å²) in [7, 11) is 2.52. The van der Waals surface area contributed by atoms with Crippen LogP contribution in [0.25, 0.3) is 0 Å². The third kappa shape index (κ3) is 6.30. The number of carbonyl (C=O) groups is 2. The summed E-state index contributed by atoms with van der Waals surface area (Å²) in [5, 5.41) is 11.1. The summed E-state index contributed by atoms with van der Waals surface area (Å²) in [5.41, 5.74) is 0.232. The Kier molecular flexibility index (Phi) is 8.93. The van der Waals surface area contributed by atoms with Crippen LogP contribution in [0.1, 0.15) is 28.4 Å². The lowest BCUT2D eigenvalue weighted by Crippen LogP contribution is -2.62. The maximum Gasteiger partial charge on any atom is 0.269 e. The highest BCUT2D eigenvalue weighted by Gasteiger charge is 2.48. The highest BCUT2D eigenvalue weighted by molar-refractivity contribution is 5.97. The molecule has 3 N–H and O–H groups in total. The molecule has 0 radical (unpaired) electrons. The summed E-state index contributed by atoms with van der Waals surface area (Å²) < 4.78 is 36.9. The molecule has 1 unspecified atom stereocenters. The van der Waals surface area contributed by atoms with Gasteiger partial charge in [0, 0.05) is 18.2 Å². The molecular weight excluding hydrogens is 434 g/mol. The summed E-state index contributed by atoms with van der Waals surface area (Å²) in [4.78, 5) is 24.4. The number of benzene rings is 2. The van der Waals surface area contributed by atoms with Crippen LogP contribution < -0.4 is 15.5 Å². The van der Waals surface area contributed by atoms with Crippen LogP contribution in [0, 0.1) is 23.7 Å². The van der Waals surface area contributed by atoms with Gasteiger partial charge in [0.1, 0.15) is 11.8 Å². The van der Waals surface area contributed by atoms with E-state index in [0.717, 1.165) is 14.0 Å². The quantitative estimate of drug-likeness (QED) is 0.338. The van der Waals surface area contributed by atoms with Crippen molar-refractivity contribution < 1.29 is 33.1 Å². The Balaban J connectivity index is 2.15. The maximum atomic E-state index is 13.5. The lowest BCUT2D eigenvalue weighted by atomic mass is 9.95. The van der Waals surface area contributed by atoms with Gasteiger partial charge in [0.2, 0.25) is 0 Å². The molecule has 0 fully saturated rings. The van der Waals surface area contributed by atoms with Gasteiger partial charge >= 0.3 is 0 Å². The van der Waals surface area contributed by atoms with Crippen LogP contribution in [-0.4, -0.2) is 49.3 Å². The summed E-state index contributed by atoms with van der Waals surface area (Å²) >= 11 is 0. The summed E-state index contributed by atoms with van der Waals surface area (Å²) in [6.45, 7) is 0.947. The third-order valence-electron chi connectivity index (χ3n) is 4.81. The van der Waals surface area contributed by atoms with Gasteiger partial charge in [-0.15, -0.1) is 0 Å². The first kappa shape index (κ1) is 25.3. The fourth-order valence-electron chi connectivity index (χ4n) is 2.74. The molecule has 2 aromatic carbocycles. The molecule has 0 aromatic heterocycles. The fourth-order valence-corrected chi connectivity index (χ4v) is 2.74. The van der Waals surface area contributed by atoms with E-state index in [9.17, 15) is 18.4 Å². The number of methoxy groups -OCH3 is 2. The number of halogens is 2. The smallest absolute Gasteiger partial charge is 0.269 e. The first-order chi connectivity index (χ1) is 15.8. The van der Waals surface area contributed by atoms with Crippen LogP contribution in [0.3, 0.4) is 0 Å². The van der Waals surface area contributed by atoms with Gasteiger partial charge in [0.05, 0.1) is 12.7 Å². The summed E-state index contributed by atoms with van der Waals surface area (Å²) in [5.74, 6) is 9.69. The van der Waals surface area contributed by atoms with E-state index in [2.05, 4.69) is 29.0 Å². The van der Waals surface area contributed by atoms with Crippen LogP contribution in [-0.2, 0) is 9.53 Å². The number of amides is 2. The molecule has 2 atom stereocenters. The Morgan fingerprint density at radius 3 is 2.24 bits per heavy atom. The number of rotatable bonds is 7. The standard InChI is InChI=1S/C24H22F2N2O5/c1-24(33-3,23(25)26)20(22(30)28-31)27-21(29)18-14-12-16(13-15-18)8-4-5-9-17-10-6-7-11-19(17)32-2/h6-7,10-15,20,23,31H,1-3H3,(H,27,29)(H,28,30)/t20-,24?/m1/s1. The third-order valence-corrected chi connectivity index (χ3v) is 4.81. The summed E-state index contributed by atoms with van der Waals surface area (Å²) in [6.07, 6.45) is -3.13. The molecule has 0 aliphatic carbocycles. The normalized spacial score (nSPS) is 12.8. The highest BCUT2D eigenvalue weighted by atomic mass is 19.3. The van der Waals surface area contributed by atoms with Gasteiger partial charge in [-0.05, 0) is 61.1 Å². The minimum absolute atomic E-state index is 0.0871. The van der Waals surface area contributed by atoms with Crippen LogP contribution in [0.5, 0.6) is 5.75 Å². The highest BCUT2D eigenvalue weighted by Crippen LogP contribution is 2.24. The van der Waals surface area contributed by atoms with Crippen molar-refractivity contribution in [1.82, 2.24) is 10.8 Å². The van der Waals surface area contributed by atoms with Gasteiger partial charge in [0.25, 0.3) is 18.2 Å². The molecule has 0 heterocycles. The maximum absolute atomic E-state index is 13.5. The second kappa shape index (κ2) is 11.6. The van der Waals surface area contributed by atoms with Crippen LogP contribution in [0.2, 0.25) is 0 Å². The molecule has 0 saturated carbocycles. The molecule has 172 valence electrons. The van der Waals surface area contributed by atoms with Gasteiger partial charge in [-0.2, -0.15) is 0 Å². The van der Waals surface area contributed by atoms with Crippen LogP contribution in [0.4, 0.5) is 8.78 Å². The Hall–Kier alpha value is -3.92. The minimum atomic E-state index is -3.13. The van der Waals surface area contributed by atoms with E-state index < -0.39 is 29.9 Å². The van der Waals surface area contributed by atoms with E-state index in [1.165, 1.54) is 29.7 Å². The number of hydrogen-bond acceptors (Lipinski definition) is 5. The predicted octanol–water partition coefficient (Wildman–Crippen LogP) is 2.37. The number of alkyl halides is 2. The molecular formula is C24H22F2N2O5. The lowest BCUT2D eigenvalue weighted by Gasteiger charge is -2.34. The van der Waals surface area contributed by atoms with Crippen molar-refractivity contribution in [2.24, 2.45) is 0 Å². The van der Waals surface area contributed by atoms with Crippen molar-refractivity contribution >= 4 is 11.8 Å². The molecule has 0 spiro atoms. The van der Waals surface area contributed by atoms with Gasteiger partial charge < -0.3 is 14.8 Å². The molecule has 7 nitrogen and oxygen atoms in total. The Morgan fingerprint density at radius 2 is 1.67 bits per heavy atom. The van der Waals surface area contributed by atoms with Crippen molar-refractivity contribution in [3.05, 3.63) is 65.2 Å². The van der Waals surface area contributed by atoms with Crippen LogP contribution >= 0.6 is 0 Å². The Labute approximate surface area is 190 Å². The van der Waals surface area contributed by atoms with Crippen molar-refractivity contribution in [3.8, 4) is 29.4 Å². The average molecular weight is 456 g/mol. The first-order valence-electron chi connectivity index (χ1n) is 9.60. The Morgan fingerprint density at radius 1 is 1.03 bits per heavy atom. The number of carbonyl (C=O) groups excluding carboxylic acids is 2. The molecule has 9 heteroatoms. The van der Waals surface area contributed by atoms with E-state index >= 15 is 0 Å². The monoisotopic (exact) mass is 456 g/mol. The summed E-state index contributed by atoms with van der Waals surface area (Å²) in [6, 6.07) is 11.3. The average Bonchev–Trinajstić information content (AvgIpc) is 2.84. The van der Waals surface area contributed by atoms with Crippen molar-refractivity contribution in [3.63, 3.8) is 0 Å². The molecule has 0 aliphatic rings. The Bertz CT molecular complexity index is 1110. The number of ether oxygens (including phenoxy) is 2. The van der Waals surface area contributed by atoms with E-state index in [-0.39, 0.29) is 5.56 Å². The van der Waals surface area contributed by atoms with Crippen LogP contribution in [0.15, 0.2) is 48.5 Å². The van der Waals surface area contributed by atoms with Crippen molar-refractivity contribution in [2.75, 3.05) is 14.2 Å². The van der Waals surface area contributed by atoms with Gasteiger partial charge in [-0.1, -0.05) is 18.1 Å². The van der Waals surface area contributed by atoms with Gasteiger partial charge in [-0.3, -0.25) is 14.8 Å². The van der Waals surface area contributed by atoms with E-state index in [4.69, 9.17) is 14.7 Å². The molecule has 2 amide bonds. The van der Waals surface area contributed by atoms with E-state index in [0.29, 0.717) is 16.9 Å². The van der Waals surface area contributed by atoms with E-state index in [1.807, 2.05) is 12.1 Å².